The fourth-order valence-electron chi connectivity index (χ4n) is 7.92. The minimum absolute atomic E-state index is 0.0814. The zero-order valence-electron chi connectivity index (χ0n) is 17.1. The highest BCUT2D eigenvalue weighted by Crippen LogP contribution is 2.65. The first-order valence-electron chi connectivity index (χ1n) is 11.7. The third kappa shape index (κ3) is 2.69. The van der Waals surface area contributed by atoms with Crippen molar-refractivity contribution >= 4 is 6.29 Å². The van der Waals surface area contributed by atoms with Crippen molar-refractivity contribution in [2.75, 3.05) is 0 Å². The van der Waals surface area contributed by atoms with Crippen LogP contribution in [0.4, 0.5) is 0 Å². The zero-order valence-corrected chi connectivity index (χ0v) is 17.1. The number of rotatable bonds is 3. The van der Waals surface area contributed by atoms with Crippen LogP contribution < -0.4 is 0 Å². The third-order valence-corrected chi connectivity index (χ3v) is 9.23. The van der Waals surface area contributed by atoms with Crippen LogP contribution in [0.3, 0.4) is 0 Å². The third-order valence-electron chi connectivity index (χ3n) is 9.23. The van der Waals surface area contributed by atoms with Gasteiger partial charge in [-0.25, -0.2) is 0 Å². The maximum atomic E-state index is 12.9. The number of fused-ring (bicyclic) bond motifs is 5. The van der Waals surface area contributed by atoms with Crippen molar-refractivity contribution in [3.8, 4) is 0 Å². The molecule has 4 unspecified atom stereocenters. The summed E-state index contributed by atoms with van der Waals surface area (Å²) in [6, 6.07) is 0. The lowest BCUT2D eigenvalue weighted by Gasteiger charge is -2.58. The van der Waals surface area contributed by atoms with Gasteiger partial charge in [0.15, 0.2) is 0 Å². The van der Waals surface area contributed by atoms with Gasteiger partial charge in [0.05, 0.1) is 11.2 Å². The van der Waals surface area contributed by atoms with Crippen molar-refractivity contribution < 1.29 is 9.53 Å². The highest BCUT2D eigenvalue weighted by molar-refractivity contribution is 5.68. The summed E-state index contributed by atoms with van der Waals surface area (Å²) < 4.78 is 6.67. The first-order chi connectivity index (χ1) is 13.2. The topological polar surface area (TPSA) is 26.3 Å². The standard InChI is InChI=1S/C25H36O2/c1-24-15-6-10-21(24)20-13-12-18-7-5-11-23(27-19-8-3-2-4-9-19)25(18,17-26)22(20)14-16-24/h7-8,17,20-23H,2-6,9-16H2,1H3/t20?,21?,22?,23?,24-,25-/m0/s1. The lowest BCUT2D eigenvalue weighted by molar-refractivity contribution is -0.141. The fraction of sp³-hybridized carbons (Fsp3) is 0.800. The molecular formula is C25H36O2. The summed E-state index contributed by atoms with van der Waals surface area (Å²) in [7, 11) is 0. The Labute approximate surface area is 164 Å². The van der Waals surface area contributed by atoms with E-state index in [4.69, 9.17) is 4.74 Å². The fourth-order valence-corrected chi connectivity index (χ4v) is 7.92. The number of ether oxygens (including phenoxy) is 1. The average molecular weight is 369 g/mol. The quantitative estimate of drug-likeness (QED) is 0.428. The molecule has 5 rings (SSSR count). The number of carbonyl (C=O) groups excluding carboxylic acids is 1. The Kier molecular flexibility index (Phi) is 4.52. The van der Waals surface area contributed by atoms with E-state index in [1.54, 1.807) is 0 Å². The second kappa shape index (κ2) is 6.78. The molecule has 3 saturated carbocycles. The molecule has 6 atom stereocenters. The van der Waals surface area contributed by atoms with Crippen LogP contribution >= 0.6 is 0 Å². The number of allylic oxidation sites excluding steroid dienone is 3. The molecule has 0 aromatic heterocycles. The number of hydrogen-bond acceptors (Lipinski definition) is 2. The van der Waals surface area contributed by atoms with Gasteiger partial charge in [-0.2, -0.15) is 0 Å². The van der Waals surface area contributed by atoms with Crippen molar-refractivity contribution in [2.45, 2.75) is 96.5 Å². The van der Waals surface area contributed by atoms with Gasteiger partial charge in [-0.15, -0.1) is 0 Å². The van der Waals surface area contributed by atoms with E-state index < -0.39 is 0 Å². The number of aldehydes is 1. The predicted molar refractivity (Wildman–Crippen MR) is 108 cm³/mol. The van der Waals surface area contributed by atoms with Gasteiger partial charge in [-0.3, -0.25) is 0 Å². The second-order valence-corrected chi connectivity index (χ2v) is 10.4. The zero-order chi connectivity index (χ0) is 18.5. The lowest BCUT2D eigenvalue weighted by Crippen LogP contribution is -2.56. The molecule has 148 valence electrons. The molecule has 3 fully saturated rings. The molecular weight excluding hydrogens is 332 g/mol. The van der Waals surface area contributed by atoms with Crippen molar-refractivity contribution in [1.82, 2.24) is 0 Å². The van der Waals surface area contributed by atoms with Gasteiger partial charge in [0, 0.05) is 6.42 Å². The van der Waals surface area contributed by atoms with Gasteiger partial charge < -0.3 is 9.53 Å². The monoisotopic (exact) mass is 368 g/mol. The molecule has 0 heterocycles. The van der Waals surface area contributed by atoms with Crippen LogP contribution in [0.15, 0.2) is 23.5 Å². The number of hydrogen-bond donors (Lipinski definition) is 0. The minimum Gasteiger partial charge on any atom is -0.494 e. The maximum absolute atomic E-state index is 12.9. The van der Waals surface area contributed by atoms with Crippen LogP contribution in [0, 0.1) is 28.6 Å². The summed E-state index contributed by atoms with van der Waals surface area (Å²) in [6.07, 6.45) is 22.2. The van der Waals surface area contributed by atoms with E-state index in [9.17, 15) is 4.79 Å². The second-order valence-electron chi connectivity index (χ2n) is 10.4. The molecule has 0 aromatic carbocycles. The summed E-state index contributed by atoms with van der Waals surface area (Å²) in [5.41, 5.74) is 1.65. The Balaban J connectivity index is 1.50. The lowest BCUT2D eigenvalue weighted by atomic mass is 9.47. The van der Waals surface area contributed by atoms with E-state index in [-0.39, 0.29) is 11.5 Å². The Morgan fingerprint density at radius 3 is 2.70 bits per heavy atom. The summed E-state index contributed by atoms with van der Waals surface area (Å²) >= 11 is 0. The molecule has 0 aromatic rings. The SMILES string of the molecule is C[C@@]12CCCC1C1CCC3=CCCC(OC4=CCCCC4)[C@]3(C=O)C1CC2. The maximum Gasteiger partial charge on any atom is 0.134 e. The molecule has 0 aliphatic heterocycles. The first kappa shape index (κ1) is 18.0. The molecule has 2 nitrogen and oxygen atoms in total. The van der Waals surface area contributed by atoms with Crippen LogP contribution in [0.25, 0.3) is 0 Å². The molecule has 0 radical (unpaired) electrons. The molecule has 27 heavy (non-hydrogen) atoms. The molecule has 0 spiro atoms. The highest BCUT2D eigenvalue weighted by atomic mass is 16.5. The molecule has 0 saturated heterocycles. The normalized spacial score (nSPS) is 46.4. The summed E-state index contributed by atoms with van der Waals surface area (Å²) in [6.45, 7) is 2.54. The predicted octanol–water partition coefficient (Wildman–Crippen LogP) is 6.36. The largest absolute Gasteiger partial charge is 0.494 e. The van der Waals surface area contributed by atoms with E-state index in [0.29, 0.717) is 11.3 Å². The van der Waals surface area contributed by atoms with E-state index in [1.807, 2.05) is 0 Å². The van der Waals surface area contributed by atoms with Gasteiger partial charge in [0.2, 0.25) is 0 Å². The molecule has 5 aliphatic rings. The Morgan fingerprint density at radius 2 is 1.89 bits per heavy atom. The van der Waals surface area contributed by atoms with Gasteiger partial charge in [0.25, 0.3) is 0 Å². The van der Waals surface area contributed by atoms with Gasteiger partial charge in [0.1, 0.15) is 12.4 Å². The Hall–Kier alpha value is -1.05. The first-order valence-corrected chi connectivity index (χ1v) is 11.7. The van der Waals surface area contributed by atoms with E-state index in [2.05, 4.69) is 19.1 Å². The summed E-state index contributed by atoms with van der Waals surface area (Å²) in [5, 5.41) is 0. The average Bonchev–Trinajstić information content (AvgIpc) is 3.10. The van der Waals surface area contributed by atoms with Gasteiger partial charge >= 0.3 is 0 Å². The van der Waals surface area contributed by atoms with Crippen LogP contribution in [-0.4, -0.2) is 12.4 Å². The Bertz CT molecular complexity index is 661. The number of carbonyl (C=O) groups is 1. The van der Waals surface area contributed by atoms with Crippen molar-refractivity contribution in [2.24, 2.45) is 28.6 Å². The van der Waals surface area contributed by atoms with Crippen LogP contribution in [0.1, 0.15) is 90.4 Å². The van der Waals surface area contributed by atoms with Gasteiger partial charge in [-0.1, -0.05) is 25.0 Å². The Morgan fingerprint density at radius 1 is 0.963 bits per heavy atom. The van der Waals surface area contributed by atoms with E-state index >= 15 is 0 Å². The molecule has 5 aliphatic carbocycles. The van der Waals surface area contributed by atoms with Crippen molar-refractivity contribution in [3.05, 3.63) is 23.5 Å². The molecule has 0 amide bonds. The molecule has 0 bridgehead atoms. The summed E-state index contributed by atoms with van der Waals surface area (Å²) in [4.78, 5) is 12.9. The van der Waals surface area contributed by atoms with Crippen LogP contribution in [0.2, 0.25) is 0 Å². The van der Waals surface area contributed by atoms with E-state index in [0.717, 1.165) is 43.9 Å². The highest BCUT2D eigenvalue weighted by Gasteiger charge is 2.61. The van der Waals surface area contributed by atoms with Gasteiger partial charge in [-0.05, 0) is 99.9 Å². The smallest absolute Gasteiger partial charge is 0.134 e. The van der Waals surface area contributed by atoms with Crippen molar-refractivity contribution in [1.29, 1.82) is 0 Å². The van der Waals surface area contributed by atoms with Crippen molar-refractivity contribution in [3.63, 3.8) is 0 Å². The summed E-state index contributed by atoms with van der Waals surface area (Å²) in [5.74, 6) is 3.27. The van der Waals surface area contributed by atoms with Crippen LogP contribution in [0.5, 0.6) is 0 Å². The molecule has 2 heteroatoms. The minimum atomic E-state index is -0.330. The van der Waals surface area contributed by atoms with Crippen LogP contribution in [-0.2, 0) is 9.53 Å². The molecule has 0 N–H and O–H groups in total. The van der Waals surface area contributed by atoms with E-state index in [1.165, 1.54) is 69.0 Å².